The van der Waals surface area contributed by atoms with Crippen LogP contribution in [0.25, 0.3) is 0 Å². The van der Waals surface area contributed by atoms with E-state index in [4.69, 9.17) is 4.74 Å². The standard InChI is InChI=1S/C12H20F3NO2/c1-4-18-10(17)11(2,3)8-6-5-7-9(16-8)12(13,14)15/h8-9,16H,4-7H2,1-3H3. The summed E-state index contributed by atoms with van der Waals surface area (Å²) in [4.78, 5) is 11.8. The summed E-state index contributed by atoms with van der Waals surface area (Å²) in [5.41, 5.74) is -0.945. The molecule has 0 aromatic carbocycles. The number of ether oxygens (including phenoxy) is 1. The number of rotatable bonds is 3. The second kappa shape index (κ2) is 5.47. The van der Waals surface area contributed by atoms with Gasteiger partial charge in [-0.1, -0.05) is 0 Å². The van der Waals surface area contributed by atoms with E-state index < -0.39 is 29.6 Å². The van der Waals surface area contributed by atoms with E-state index in [-0.39, 0.29) is 13.0 Å². The van der Waals surface area contributed by atoms with Crippen LogP contribution in [0.5, 0.6) is 0 Å². The molecule has 0 aromatic heterocycles. The Hall–Kier alpha value is -0.780. The lowest BCUT2D eigenvalue weighted by Gasteiger charge is -2.39. The summed E-state index contributed by atoms with van der Waals surface area (Å²) in [6, 6.07) is -2.03. The molecular weight excluding hydrogens is 247 g/mol. The lowest BCUT2D eigenvalue weighted by atomic mass is 9.78. The Morgan fingerprint density at radius 3 is 2.33 bits per heavy atom. The van der Waals surface area contributed by atoms with Gasteiger partial charge in [-0.05, 0) is 40.0 Å². The van der Waals surface area contributed by atoms with Gasteiger partial charge in [-0.2, -0.15) is 13.2 Å². The molecule has 3 nitrogen and oxygen atoms in total. The Balaban J connectivity index is 2.74. The first kappa shape index (κ1) is 15.3. The second-order valence-electron chi connectivity index (χ2n) is 5.19. The Morgan fingerprint density at radius 2 is 1.83 bits per heavy atom. The van der Waals surface area contributed by atoms with Crippen LogP contribution in [0.1, 0.15) is 40.0 Å². The van der Waals surface area contributed by atoms with Gasteiger partial charge < -0.3 is 10.1 Å². The number of nitrogens with one attached hydrogen (secondary N) is 1. The SMILES string of the molecule is CCOC(=O)C(C)(C)C1CCCC(C(F)(F)F)N1. The molecule has 0 aliphatic carbocycles. The van der Waals surface area contributed by atoms with Gasteiger partial charge in [-0.15, -0.1) is 0 Å². The molecule has 2 unspecified atom stereocenters. The van der Waals surface area contributed by atoms with E-state index in [1.54, 1.807) is 20.8 Å². The van der Waals surface area contributed by atoms with Gasteiger partial charge >= 0.3 is 12.1 Å². The minimum Gasteiger partial charge on any atom is -0.466 e. The third-order valence-electron chi connectivity index (χ3n) is 3.46. The minimum absolute atomic E-state index is 0.0684. The average Bonchev–Trinajstić information content (AvgIpc) is 2.28. The molecule has 1 aliphatic heterocycles. The van der Waals surface area contributed by atoms with Crippen LogP contribution in [-0.2, 0) is 9.53 Å². The van der Waals surface area contributed by atoms with Crippen LogP contribution >= 0.6 is 0 Å². The van der Waals surface area contributed by atoms with Gasteiger partial charge in [0.15, 0.2) is 0 Å². The molecule has 1 aliphatic rings. The lowest BCUT2D eigenvalue weighted by Crippen LogP contribution is -2.57. The van der Waals surface area contributed by atoms with E-state index in [0.717, 1.165) is 0 Å². The molecule has 0 bridgehead atoms. The first-order chi connectivity index (χ1) is 8.19. The molecule has 2 atom stereocenters. The fraction of sp³-hybridized carbons (Fsp3) is 0.917. The monoisotopic (exact) mass is 267 g/mol. The molecule has 0 aromatic rings. The van der Waals surface area contributed by atoms with E-state index in [1.807, 2.05) is 0 Å². The summed E-state index contributed by atoms with van der Waals surface area (Å²) in [5, 5.41) is 2.55. The highest BCUT2D eigenvalue weighted by molar-refractivity contribution is 5.76. The van der Waals surface area contributed by atoms with E-state index in [2.05, 4.69) is 5.32 Å². The summed E-state index contributed by atoms with van der Waals surface area (Å²) in [6.45, 7) is 5.17. The van der Waals surface area contributed by atoms with Gasteiger partial charge in [-0.25, -0.2) is 0 Å². The molecule has 0 amide bonds. The van der Waals surface area contributed by atoms with Gasteiger partial charge in [0.05, 0.1) is 12.0 Å². The maximum Gasteiger partial charge on any atom is 0.403 e. The highest BCUT2D eigenvalue weighted by Gasteiger charge is 2.47. The van der Waals surface area contributed by atoms with Crippen molar-refractivity contribution in [1.29, 1.82) is 0 Å². The second-order valence-corrected chi connectivity index (χ2v) is 5.19. The topological polar surface area (TPSA) is 38.3 Å². The molecule has 1 N–H and O–H groups in total. The maximum atomic E-state index is 12.7. The normalized spacial score (nSPS) is 25.9. The highest BCUT2D eigenvalue weighted by atomic mass is 19.4. The number of piperidine rings is 1. The smallest absolute Gasteiger partial charge is 0.403 e. The molecular formula is C12H20F3NO2. The van der Waals surface area contributed by atoms with Gasteiger partial charge in [-0.3, -0.25) is 4.79 Å². The molecule has 6 heteroatoms. The van der Waals surface area contributed by atoms with E-state index in [1.165, 1.54) is 0 Å². The number of hydrogen-bond donors (Lipinski definition) is 1. The van der Waals surface area contributed by atoms with Gasteiger partial charge in [0.25, 0.3) is 0 Å². The van der Waals surface area contributed by atoms with E-state index >= 15 is 0 Å². The maximum absolute atomic E-state index is 12.7. The zero-order chi connectivity index (χ0) is 14.0. The molecule has 0 radical (unpaired) electrons. The van der Waals surface area contributed by atoms with Crippen molar-refractivity contribution in [3.63, 3.8) is 0 Å². The van der Waals surface area contributed by atoms with Gasteiger partial charge in [0.2, 0.25) is 0 Å². The average molecular weight is 267 g/mol. The summed E-state index contributed by atoms with van der Waals surface area (Å²) in [5.74, 6) is -0.453. The zero-order valence-corrected chi connectivity index (χ0v) is 10.9. The van der Waals surface area contributed by atoms with Gasteiger partial charge in [0, 0.05) is 6.04 Å². The van der Waals surface area contributed by atoms with Crippen molar-refractivity contribution < 1.29 is 22.7 Å². The Bertz CT molecular complexity index is 302. The number of esters is 1. The minimum atomic E-state index is -4.26. The summed E-state index contributed by atoms with van der Waals surface area (Å²) in [7, 11) is 0. The van der Waals surface area contributed by atoms with Crippen LogP contribution < -0.4 is 5.32 Å². The third-order valence-corrected chi connectivity index (χ3v) is 3.46. The van der Waals surface area contributed by atoms with Crippen LogP contribution in [0, 0.1) is 5.41 Å². The molecule has 106 valence electrons. The van der Waals surface area contributed by atoms with Crippen molar-refractivity contribution in [1.82, 2.24) is 5.32 Å². The quantitative estimate of drug-likeness (QED) is 0.799. The number of hydrogen-bond acceptors (Lipinski definition) is 3. The van der Waals surface area contributed by atoms with E-state index in [9.17, 15) is 18.0 Å². The first-order valence-electron chi connectivity index (χ1n) is 6.19. The van der Waals surface area contributed by atoms with Crippen molar-refractivity contribution in [3.8, 4) is 0 Å². The van der Waals surface area contributed by atoms with Crippen LogP contribution in [-0.4, -0.2) is 30.8 Å². The fourth-order valence-electron chi connectivity index (χ4n) is 2.22. The molecule has 1 fully saturated rings. The number of halogens is 3. The Kier molecular flexibility index (Phi) is 4.64. The summed E-state index contributed by atoms with van der Waals surface area (Å²) < 4.78 is 42.9. The highest BCUT2D eigenvalue weighted by Crippen LogP contribution is 2.34. The van der Waals surface area contributed by atoms with Crippen LogP contribution in [0.2, 0.25) is 0 Å². The lowest BCUT2D eigenvalue weighted by molar-refractivity contribution is -0.172. The van der Waals surface area contributed by atoms with Crippen molar-refractivity contribution in [2.75, 3.05) is 6.61 Å². The molecule has 1 saturated heterocycles. The van der Waals surface area contributed by atoms with Crippen LogP contribution in [0.3, 0.4) is 0 Å². The Labute approximate surface area is 105 Å². The molecule has 0 spiro atoms. The Morgan fingerprint density at radius 1 is 1.28 bits per heavy atom. The van der Waals surface area contributed by atoms with Crippen molar-refractivity contribution >= 4 is 5.97 Å². The molecule has 1 rings (SSSR count). The summed E-state index contributed by atoms with van der Waals surface area (Å²) >= 11 is 0. The zero-order valence-electron chi connectivity index (χ0n) is 10.9. The molecule has 1 heterocycles. The van der Waals surface area contributed by atoms with Crippen molar-refractivity contribution in [2.45, 2.75) is 58.3 Å². The predicted molar refractivity (Wildman–Crippen MR) is 61.0 cm³/mol. The van der Waals surface area contributed by atoms with Crippen LogP contribution in [0.15, 0.2) is 0 Å². The number of carbonyl (C=O) groups is 1. The largest absolute Gasteiger partial charge is 0.466 e. The van der Waals surface area contributed by atoms with Crippen LogP contribution in [0.4, 0.5) is 13.2 Å². The predicted octanol–water partition coefficient (Wildman–Crippen LogP) is 2.65. The van der Waals surface area contributed by atoms with Crippen molar-refractivity contribution in [2.24, 2.45) is 5.41 Å². The third kappa shape index (κ3) is 3.37. The fourth-order valence-corrected chi connectivity index (χ4v) is 2.22. The van der Waals surface area contributed by atoms with E-state index in [0.29, 0.717) is 12.8 Å². The number of alkyl halides is 3. The van der Waals surface area contributed by atoms with Gasteiger partial charge in [0.1, 0.15) is 6.04 Å². The molecule has 0 saturated carbocycles. The summed E-state index contributed by atoms with van der Waals surface area (Å²) in [6.07, 6.45) is -3.18. The molecule has 18 heavy (non-hydrogen) atoms. The number of carbonyl (C=O) groups excluding carboxylic acids is 1. The van der Waals surface area contributed by atoms with Crippen molar-refractivity contribution in [3.05, 3.63) is 0 Å². The first-order valence-corrected chi connectivity index (χ1v) is 6.19.